The van der Waals surface area contributed by atoms with Crippen molar-refractivity contribution in [3.05, 3.63) is 12.2 Å². The van der Waals surface area contributed by atoms with E-state index in [0.29, 0.717) is 6.61 Å². The zero-order chi connectivity index (χ0) is 9.14. The number of amides is 1. The van der Waals surface area contributed by atoms with Gasteiger partial charge in [-0.2, -0.15) is 0 Å². The van der Waals surface area contributed by atoms with Gasteiger partial charge in [0.2, 0.25) is 5.91 Å². The number of rotatable bonds is 2. The van der Waals surface area contributed by atoms with Crippen molar-refractivity contribution in [2.24, 2.45) is 5.92 Å². The van der Waals surface area contributed by atoms with E-state index in [-0.39, 0.29) is 17.9 Å². The maximum Gasteiger partial charge on any atom is 0.225 e. The van der Waals surface area contributed by atoms with Gasteiger partial charge in [-0.3, -0.25) is 4.79 Å². The first-order chi connectivity index (χ1) is 5.66. The van der Waals surface area contributed by atoms with Crippen LogP contribution < -0.4 is 5.32 Å². The average Bonchev–Trinajstić information content (AvgIpc) is 2.50. The second-order valence-corrected chi connectivity index (χ2v) is 3.15. The highest BCUT2D eigenvalue weighted by Crippen LogP contribution is 2.25. The zero-order valence-electron chi connectivity index (χ0n) is 7.59. The largest absolute Gasteiger partial charge is 0.373 e. The highest BCUT2D eigenvalue weighted by atomic mass is 16.5. The predicted octanol–water partition coefficient (Wildman–Crippen LogP) is 0.714. The first kappa shape index (κ1) is 9.26. The number of carbonyl (C=O) groups excluding carboxylic acids is 1. The summed E-state index contributed by atoms with van der Waals surface area (Å²) in [7, 11) is 1.65. The van der Waals surface area contributed by atoms with Gasteiger partial charge in [0.1, 0.15) is 0 Å². The molecular formula is C9H15NO2. The number of ether oxygens (including phenoxy) is 1. The summed E-state index contributed by atoms with van der Waals surface area (Å²) in [6.07, 6.45) is 0.724. The summed E-state index contributed by atoms with van der Waals surface area (Å²) in [5.74, 6) is 0.0213. The van der Waals surface area contributed by atoms with Gasteiger partial charge in [-0.15, -0.1) is 0 Å². The van der Waals surface area contributed by atoms with Gasteiger partial charge >= 0.3 is 0 Å². The van der Waals surface area contributed by atoms with E-state index in [0.717, 1.165) is 12.0 Å². The topological polar surface area (TPSA) is 38.3 Å². The van der Waals surface area contributed by atoms with Crippen molar-refractivity contribution in [3.63, 3.8) is 0 Å². The molecule has 0 radical (unpaired) electrons. The van der Waals surface area contributed by atoms with Gasteiger partial charge < -0.3 is 10.1 Å². The minimum Gasteiger partial charge on any atom is -0.373 e. The fraction of sp³-hybridized carbons (Fsp3) is 0.667. The van der Waals surface area contributed by atoms with E-state index in [1.54, 1.807) is 7.05 Å². The second kappa shape index (κ2) is 3.72. The maximum absolute atomic E-state index is 11.3. The van der Waals surface area contributed by atoms with E-state index in [4.69, 9.17) is 4.74 Å². The summed E-state index contributed by atoms with van der Waals surface area (Å²) >= 11 is 0. The Morgan fingerprint density at radius 1 is 1.67 bits per heavy atom. The molecule has 0 unspecified atom stereocenters. The average molecular weight is 169 g/mol. The summed E-state index contributed by atoms with van der Waals surface area (Å²) in [6.45, 7) is 6.36. The first-order valence-electron chi connectivity index (χ1n) is 4.15. The SMILES string of the molecule is C=C(C)[C@H]1OCC[C@H]1C(=O)NC. The van der Waals surface area contributed by atoms with Crippen LogP contribution in [-0.4, -0.2) is 25.7 Å². The first-order valence-corrected chi connectivity index (χ1v) is 4.15. The maximum atomic E-state index is 11.3. The van der Waals surface area contributed by atoms with E-state index in [1.165, 1.54) is 0 Å². The Balaban J connectivity index is 2.63. The van der Waals surface area contributed by atoms with Crippen LogP contribution in [0, 0.1) is 5.92 Å². The third-order valence-corrected chi connectivity index (χ3v) is 2.16. The van der Waals surface area contributed by atoms with Gasteiger partial charge in [0, 0.05) is 13.7 Å². The van der Waals surface area contributed by atoms with Crippen molar-refractivity contribution in [1.29, 1.82) is 0 Å². The lowest BCUT2D eigenvalue weighted by Crippen LogP contribution is -2.33. The smallest absolute Gasteiger partial charge is 0.225 e. The molecule has 2 atom stereocenters. The standard InChI is InChI=1S/C9H15NO2/c1-6(2)8-7(4-5-12-8)9(11)10-3/h7-8H,1,4-5H2,2-3H3,(H,10,11)/t7-,8-/m1/s1. The molecule has 1 amide bonds. The van der Waals surface area contributed by atoms with E-state index in [1.807, 2.05) is 6.92 Å². The zero-order valence-corrected chi connectivity index (χ0v) is 7.59. The van der Waals surface area contributed by atoms with Crippen molar-refractivity contribution in [1.82, 2.24) is 5.32 Å². The Hall–Kier alpha value is -0.830. The molecule has 1 N–H and O–H groups in total. The van der Waals surface area contributed by atoms with Crippen LogP contribution in [0.2, 0.25) is 0 Å². The van der Waals surface area contributed by atoms with Crippen LogP contribution in [0.4, 0.5) is 0 Å². The van der Waals surface area contributed by atoms with Gasteiger partial charge in [0.25, 0.3) is 0 Å². The molecular weight excluding hydrogens is 154 g/mol. The van der Waals surface area contributed by atoms with Crippen molar-refractivity contribution in [2.75, 3.05) is 13.7 Å². The Morgan fingerprint density at radius 3 is 2.83 bits per heavy atom. The number of hydrogen-bond acceptors (Lipinski definition) is 2. The number of hydrogen-bond donors (Lipinski definition) is 1. The van der Waals surface area contributed by atoms with Gasteiger partial charge in [0.15, 0.2) is 0 Å². The molecule has 1 fully saturated rings. The van der Waals surface area contributed by atoms with Crippen molar-refractivity contribution in [2.45, 2.75) is 19.4 Å². The van der Waals surface area contributed by atoms with Gasteiger partial charge in [-0.1, -0.05) is 12.2 Å². The number of carbonyl (C=O) groups is 1. The minimum absolute atomic E-state index is 0.0347. The molecule has 0 spiro atoms. The van der Waals surface area contributed by atoms with Gasteiger partial charge in [-0.05, 0) is 13.3 Å². The Kier molecular flexibility index (Phi) is 2.87. The highest BCUT2D eigenvalue weighted by Gasteiger charge is 2.33. The molecule has 1 saturated heterocycles. The molecule has 0 aromatic rings. The molecule has 3 nitrogen and oxygen atoms in total. The molecule has 1 aliphatic rings. The van der Waals surface area contributed by atoms with Gasteiger partial charge in [-0.25, -0.2) is 0 Å². The van der Waals surface area contributed by atoms with Crippen LogP contribution in [0.15, 0.2) is 12.2 Å². The molecule has 12 heavy (non-hydrogen) atoms. The van der Waals surface area contributed by atoms with E-state index in [9.17, 15) is 4.79 Å². The van der Waals surface area contributed by atoms with Crippen LogP contribution in [0.25, 0.3) is 0 Å². The van der Waals surface area contributed by atoms with E-state index in [2.05, 4.69) is 11.9 Å². The van der Waals surface area contributed by atoms with Crippen molar-refractivity contribution >= 4 is 5.91 Å². The van der Waals surface area contributed by atoms with Crippen LogP contribution in [0.3, 0.4) is 0 Å². The lowest BCUT2D eigenvalue weighted by Gasteiger charge is -2.16. The molecule has 0 aromatic heterocycles. The van der Waals surface area contributed by atoms with Crippen LogP contribution in [0.1, 0.15) is 13.3 Å². The molecule has 0 saturated carbocycles. The predicted molar refractivity (Wildman–Crippen MR) is 46.7 cm³/mol. The monoisotopic (exact) mass is 169 g/mol. The third-order valence-electron chi connectivity index (χ3n) is 2.16. The molecule has 1 aliphatic heterocycles. The Bertz CT molecular complexity index is 201. The summed E-state index contributed by atoms with van der Waals surface area (Å²) in [5, 5.41) is 2.63. The molecule has 1 heterocycles. The summed E-state index contributed by atoms with van der Waals surface area (Å²) in [5.41, 5.74) is 0.932. The van der Waals surface area contributed by atoms with Gasteiger partial charge in [0.05, 0.1) is 12.0 Å². The number of nitrogens with one attached hydrogen (secondary N) is 1. The Morgan fingerprint density at radius 2 is 2.33 bits per heavy atom. The molecule has 0 bridgehead atoms. The highest BCUT2D eigenvalue weighted by molar-refractivity contribution is 5.79. The summed E-state index contributed by atoms with van der Waals surface area (Å²) < 4.78 is 5.39. The third kappa shape index (κ3) is 1.67. The molecule has 3 heteroatoms. The normalized spacial score (nSPS) is 28.5. The quantitative estimate of drug-likeness (QED) is 0.618. The van der Waals surface area contributed by atoms with E-state index >= 15 is 0 Å². The fourth-order valence-corrected chi connectivity index (χ4v) is 1.53. The van der Waals surface area contributed by atoms with E-state index < -0.39 is 0 Å². The Labute approximate surface area is 72.8 Å². The van der Waals surface area contributed by atoms with Crippen molar-refractivity contribution in [3.8, 4) is 0 Å². The lowest BCUT2D eigenvalue weighted by molar-refractivity contribution is -0.125. The lowest BCUT2D eigenvalue weighted by atomic mass is 9.96. The molecule has 68 valence electrons. The summed E-state index contributed by atoms with van der Waals surface area (Å²) in [4.78, 5) is 11.3. The molecule has 0 aromatic carbocycles. The minimum atomic E-state index is -0.0788. The van der Waals surface area contributed by atoms with Crippen molar-refractivity contribution < 1.29 is 9.53 Å². The summed E-state index contributed by atoms with van der Waals surface area (Å²) in [6, 6.07) is 0. The van der Waals surface area contributed by atoms with Crippen LogP contribution in [-0.2, 0) is 9.53 Å². The molecule has 1 rings (SSSR count). The molecule has 0 aliphatic carbocycles. The van der Waals surface area contributed by atoms with Crippen LogP contribution in [0.5, 0.6) is 0 Å². The second-order valence-electron chi connectivity index (χ2n) is 3.15. The fourth-order valence-electron chi connectivity index (χ4n) is 1.53. The van der Waals surface area contributed by atoms with Crippen LogP contribution >= 0.6 is 0 Å².